The molecule has 0 aliphatic heterocycles. The van der Waals surface area contributed by atoms with Gasteiger partial charge in [0.2, 0.25) is 0 Å². The maximum Gasteiger partial charge on any atom is 0.256 e. The van der Waals surface area contributed by atoms with Crippen molar-refractivity contribution in [2.75, 3.05) is 11.9 Å². The van der Waals surface area contributed by atoms with Gasteiger partial charge in [-0.15, -0.1) is 0 Å². The summed E-state index contributed by atoms with van der Waals surface area (Å²) in [6, 6.07) is 13.1. The minimum Gasteiger partial charge on any atom is -0.494 e. The van der Waals surface area contributed by atoms with Gasteiger partial charge in [-0.3, -0.25) is 4.79 Å². The molecular formula is C17H18BrNO2. The zero-order valence-corrected chi connectivity index (χ0v) is 13.7. The molecule has 0 heterocycles. The van der Waals surface area contributed by atoms with E-state index in [1.54, 1.807) is 6.07 Å². The van der Waals surface area contributed by atoms with E-state index in [4.69, 9.17) is 4.74 Å². The second kappa shape index (κ2) is 7.27. The van der Waals surface area contributed by atoms with Gasteiger partial charge in [0.15, 0.2) is 0 Å². The van der Waals surface area contributed by atoms with Crippen LogP contribution in [0.25, 0.3) is 0 Å². The van der Waals surface area contributed by atoms with E-state index in [1.165, 1.54) is 0 Å². The average molecular weight is 348 g/mol. The highest BCUT2D eigenvalue weighted by molar-refractivity contribution is 9.10. The molecular weight excluding hydrogens is 330 g/mol. The monoisotopic (exact) mass is 347 g/mol. The number of benzene rings is 2. The predicted molar refractivity (Wildman–Crippen MR) is 89.1 cm³/mol. The molecule has 0 aliphatic rings. The fraction of sp³-hybridized carbons (Fsp3) is 0.235. The van der Waals surface area contributed by atoms with Crippen LogP contribution in [0.4, 0.5) is 5.69 Å². The van der Waals surface area contributed by atoms with Gasteiger partial charge in [-0.05, 0) is 53.0 Å². The minimum absolute atomic E-state index is 0.141. The number of hydrogen-bond donors (Lipinski definition) is 1. The van der Waals surface area contributed by atoms with Crippen LogP contribution < -0.4 is 10.1 Å². The van der Waals surface area contributed by atoms with Gasteiger partial charge in [0.1, 0.15) is 5.75 Å². The predicted octanol–water partition coefficient (Wildman–Crippen LogP) is 4.80. The second-order valence-electron chi connectivity index (χ2n) is 4.77. The van der Waals surface area contributed by atoms with E-state index >= 15 is 0 Å². The molecule has 1 N–H and O–H groups in total. The van der Waals surface area contributed by atoms with Gasteiger partial charge < -0.3 is 10.1 Å². The summed E-state index contributed by atoms with van der Waals surface area (Å²) in [4.78, 5) is 12.3. The summed E-state index contributed by atoms with van der Waals surface area (Å²) in [6.45, 7) is 4.68. The van der Waals surface area contributed by atoms with E-state index < -0.39 is 0 Å². The number of halogens is 1. The molecule has 21 heavy (non-hydrogen) atoms. The van der Waals surface area contributed by atoms with Crippen LogP contribution in [-0.2, 0) is 0 Å². The zero-order valence-electron chi connectivity index (χ0n) is 12.2. The summed E-state index contributed by atoms with van der Waals surface area (Å²) in [5.41, 5.74) is 2.37. The highest BCUT2D eigenvalue weighted by Gasteiger charge is 2.11. The average Bonchev–Trinajstić information content (AvgIpc) is 2.48. The van der Waals surface area contributed by atoms with Gasteiger partial charge in [0.25, 0.3) is 5.91 Å². The normalized spacial score (nSPS) is 10.2. The number of ether oxygens (including phenoxy) is 1. The molecule has 0 atom stereocenters. The molecule has 0 saturated carbocycles. The lowest BCUT2D eigenvalue weighted by atomic mass is 10.1. The summed E-state index contributed by atoms with van der Waals surface area (Å²) in [5.74, 6) is 0.621. The fourth-order valence-electron chi connectivity index (χ4n) is 1.90. The van der Waals surface area contributed by atoms with Crippen molar-refractivity contribution < 1.29 is 9.53 Å². The van der Waals surface area contributed by atoms with Crippen molar-refractivity contribution in [1.29, 1.82) is 0 Å². The molecule has 0 unspecified atom stereocenters. The molecule has 0 bridgehead atoms. The van der Waals surface area contributed by atoms with Crippen molar-refractivity contribution in [1.82, 2.24) is 0 Å². The van der Waals surface area contributed by atoms with Gasteiger partial charge >= 0.3 is 0 Å². The second-order valence-corrected chi connectivity index (χ2v) is 5.56. The summed E-state index contributed by atoms with van der Waals surface area (Å²) < 4.78 is 6.39. The van der Waals surface area contributed by atoms with Crippen molar-refractivity contribution in [2.45, 2.75) is 20.3 Å². The maximum atomic E-state index is 12.3. The Hall–Kier alpha value is -1.81. The Balaban J connectivity index is 2.14. The van der Waals surface area contributed by atoms with Crippen molar-refractivity contribution in [3.8, 4) is 5.75 Å². The zero-order chi connectivity index (χ0) is 15.2. The molecule has 0 fully saturated rings. The Labute approximate surface area is 133 Å². The van der Waals surface area contributed by atoms with Gasteiger partial charge in [0, 0.05) is 16.2 Å². The maximum absolute atomic E-state index is 12.3. The van der Waals surface area contributed by atoms with Crippen LogP contribution in [-0.4, -0.2) is 12.5 Å². The van der Waals surface area contributed by atoms with Gasteiger partial charge in [-0.25, -0.2) is 0 Å². The van der Waals surface area contributed by atoms with E-state index in [1.807, 2.05) is 43.3 Å². The van der Waals surface area contributed by atoms with Crippen LogP contribution in [0.3, 0.4) is 0 Å². The number of carbonyl (C=O) groups excluding carboxylic acids is 1. The lowest BCUT2D eigenvalue weighted by molar-refractivity contribution is 0.102. The van der Waals surface area contributed by atoms with Crippen molar-refractivity contribution in [3.63, 3.8) is 0 Å². The lowest BCUT2D eigenvalue weighted by Crippen LogP contribution is -2.13. The number of hydrogen-bond acceptors (Lipinski definition) is 2. The molecule has 0 saturated heterocycles. The number of carbonyl (C=O) groups is 1. The summed E-state index contributed by atoms with van der Waals surface area (Å²) in [5, 5.41) is 2.89. The standard InChI is InChI=1S/C17H18BrNO2/c1-3-10-21-14-8-5-7-13(11-14)19-17(20)15-9-4-6-12(2)16(15)18/h4-9,11H,3,10H2,1-2H3,(H,19,20). The van der Waals surface area contributed by atoms with E-state index in [9.17, 15) is 4.79 Å². The lowest BCUT2D eigenvalue weighted by Gasteiger charge is -2.10. The summed E-state index contributed by atoms with van der Waals surface area (Å²) >= 11 is 3.46. The van der Waals surface area contributed by atoms with Crippen molar-refractivity contribution in [3.05, 3.63) is 58.1 Å². The Kier molecular flexibility index (Phi) is 5.39. The van der Waals surface area contributed by atoms with Gasteiger partial charge in [-0.2, -0.15) is 0 Å². The van der Waals surface area contributed by atoms with Crippen LogP contribution in [0, 0.1) is 6.92 Å². The molecule has 0 spiro atoms. The fourth-order valence-corrected chi connectivity index (χ4v) is 2.35. The van der Waals surface area contributed by atoms with Crippen LogP contribution in [0.1, 0.15) is 29.3 Å². The summed E-state index contributed by atoms with van der Waals surface area (Å²) in [7, 11) is 0. The largest absolute Gasteiger partial charge is 0.494 e. The third kappa shape index (κ3) is 4.08. The Morgan fingerprint density at radius 1 is 1.24 bits per heavy atom. The smallest absolute Gasteiger partial charge is 0.256 e. The van der Waals surface area contributed by atoms with Crippen LogP contribution >= 0.6 is 15.9 Å². The van der Waals surface area contributed by atoms with E-state index in [0.717, 1.165) is 27.9 Å². The number of anilines is 1. The number of aryl methyl sites for hydroxylation is 1. The van der Waals surface area contributed by atoms with Crippen LogP contribution in [0.2, 0.25) is 0 Å². The first-order valence-corrected chi connectivity index (χ1v) is 7.70. The highest BCUT2D eigenvalue weighted by atomic mass is 79.9. The minimum atomic E-state index is -0.141. The third-order valence-corrected chi connectivity index (χ3v) is 4.05. The van der Waals surface area contributed by atoms with E-state index in [-0.39, 0.29) is 5.91 Å². The molecule has 2 aromatic rings. The molecule has 0 aliphatic carbocycles. The van der Waals surface area contributed by atoms with E-state index in [2.05, 4.69) is 28.2 Å². The highest BCUT2D eigenvalue weighted by Crippen LogP contribution is 2.23. The first-order valence-electron chi connectivity index (χ1n) is 6.91. The number of rotatable bonds is 5. The van der Waals surface area contributed by atoms with Crippen LogP contribution in [0.15, 0.2) is 46.9 Å². The van der Waals surface area contributed by atoms with Crippen LogP contribution in [0.5, 0.6) is 5.75 Å². The first-order chi connectivity index (χ1) is 10.1. The Morgan fingerprint density at radius 3 is 2.76 bits per heavy atom. The van der Waals surface area contributed by atoms with E-state index in [0.29, 0.717) is 12.2 Å². The SMILES string of the molecule is CCCOc1cccc(NC(=O)c2cccc(C)c2Br)c1. The molecule has 4 heteroatoms. The molecule has 3 nitrogen and oxygen atoms in total. The van der Waals surface area contributed by atoms with Crippen molar-refractivity contribution in [2.24, 2.45) is 0 Å². The molecule has 0 radical (unpaired) electrons. The van der Waals surface area contributed by atoms with Gasteiger partial charge in [0.05, 0.1) is 12.2 Å². The van der Waals surface area contributed by atoms with Gasteiger partial charge in [-0.1, -0.05) is 25.1 Å². The van der Waals surface area contributed by atoms with Crippen molar-refractivity contribution >= 4 is 27.5 Å². The molecule has 1 amide bonds. The quantitative estimate of drug-likeness (QED) is 0.843. The number of nitrogens with one attached hydrogen (secondary N) is 1. The molecule has 110 valence electrons. The number of amides is 1. The summed E-state index contributed by atoms with van der Waals surface area (Å²) in [6.07, 6.45) is 0.951. The molecule has 0 aromatic heterocycles. The third-order valence-electron chi connectivity index (χ3n) is 3.00. The Morgan fingerprint density at radius 2 is 2.00 bits per heavy atom. The first kappa shape index (κ1) is 15.6. The molecule has 2 aromatic carbocycles. The topological polar surface area (TPSA) is 38.3 Å². The Bertz CT molecular complexity index is 640. The molecule has 2 rings (SSSR count).